The van der Waals surface area contributed by atoms with Crippen molar-refractivity contribution in [3.05, 3.63) is 35.4 Å². The number of nitrogens with two attached hydrogens (primary N) is 1. The number of aryl methyl sites for hydroxylation is 1. The van der Waals surface area contributed by atoms with E-state index in [0.29, 0.717) is 6.04 Å². The molecule has 2 atom stereocenters. The van der Waals surface area contributed by atoms with Crippen LogP contribution in [-0.2, 0) is 9.47 Å². The molecule has 4 heteroatoms. The van der Waals surface area contributed by atoms with Crippen LogP contribution in [0.5, 0.6) is 0 Å². The highest BCUT2D eigenvalue weighted by Crippen LogP contribution is 2.18. The van der Waals surface area contributed by atoms with E-state index in [1.165, 1.54) is 11.1 Å². The minimum atomic E-state index is 0.0750. The van der Waals surface area contributed by atoms with Crippen LogP contribution in [0, 0.1) is 6.92 Å². The van der Waals surface area contributed by atoms with E-state index in [2.05, 4.69) is 43.0 Å². The van der Waals surface area contributed by atoms with Gasteiger partial charge in [0.05, 0.1) is 13.2 Å². The lowest BCUT2D eigenvalue weighted by Gasteiger charge is -2.29. The number of nitrogens with zero attached hydrogens (tertiary/aromatic N) is 1. The zero-order valence-corrected chi connectivity index (χ0v) is 13.8. The molecule has 0 bridgehead atoms. The van der Waals surface area contributed by atoms with Gasteiger partial charge in [0.25, 0.3) is 0 Å². The molecule has 2 N–H and O–H groups in total. The van der Waals surface area contributed by atoms with Gasteiger partial charge in [-0.15, -0.1) is 0 Å². The number of hydrogen-bond acceptors (Lipinski definition) is 4. The van der Waals surface area contributed by atoms with E-state index < -0.39 is 0 Å². The lowest BCUT2D eigenvalue weighted by molar-refractivity contribution is 0.0732. The fourth-order valence-corrected chi connectivity index (χ4v) is 2.57. The lowest BCUT2D eigenvalue weighted by atomic mass is 9.99. The molecule has 0 aliphatic rings. The molecule has 2 unspecified atom stereocenters. The smallest absolute Gasteiger partial charge is 0.0615 e. The highest BCUT2D eigenvalue weighted by Gasteiger charge is 2.16. The summed E-state index contributed by atoms with van der Waals surface area (Å²) in [6.45, 7) is 7.60. The van der Waals surface area contributed by atoms with Gasteiger partial charge in [-0.25, -0.2) is 0 Å². The average molecular weight is 294 g/mol. The molecule has 0 heterocycles. The van der Waals surface area contributed by atoms with E-state index in [0.717, 1.165) is 32.7 Å². The van der Waals surface area contributed by atoms with Crippen LogP contribution < -0.4 is 5.73 Å². The van der Waals surface area contributed by atoms with Gasteiger partial charge < -0.3 is 15.2 Å². The first-order valence-corrected chi connectivity index (χ1v) is 7.63. The van der Waals surface area contributed by atoms with E-state index in [-0.39, 0.29) is 6.04 Å². The molecule has 0 amide bonds. The maximum absolute atomic E-state index is 6.36. The van der Waals surface area contributed by atoms with Gasteiger partial charge in [0, 0.05) is 39.4 Å². The predicted octanol–water partition coefficient (Wildman–Crippen LogP) is 2.37. The number of benzene rings is 1. The van der Waals surface area contributed by atoms with Crippen LogP contribution >= 0.6 is 0 Å². The summed E-state index contributed by atoms with van der Waals surface area (Å²) in [4.78, 5) is 2.38. The molecule has 120 valence electrons. The Kier molecular flexibility index (Phi) is 8.54. The molecule has 0 aliphatic carbocycles. The van der Waals surface area contributed by atoms with Gasteiger partial charge in [0.15, 0.2) is 0 Å². The average Bonchev–Trinajstić information content (AvgIpc) is 2.47. The summed E-state index contributed by atoms with van der Waals surface area (Å²) in [5, 5.41) is 0. The van der Waals surface area contributed by atoms with Gasteiger partial charge in [-0.05, 0) is 31.4 Å². The number of rotatable bonds is 10. The van der Waals surface area contributed by atoms with Crippen molar-refractivity contribution in [2.45, 2.75) is 32.4 Å². The maximum Gasteiger partial charge on any atom is 0.0615 e. The van der Waals surface area contributed by atoms with Gasteiger partial charge in [0.2, 0.25) is 0 Å². The summed E-state index contributed by atoms with van der Waals surface area (Å²) in [5.74, 6) is 0. The summed E-state index contributed by atoms with van der Waals surface area (Å²) in [5.41, 5.74) is 8.86. The Morgan fingerprint density at radius 2 is 1.86 bits per heavy atom. The number of ether oxygens (including phenoxy) is 2. The molecule has 1 aromatic rings. The van der Waals surface area contributed by atoms with Crippen LogP contribution in [0.15, 0.2) is 24.3 Å². The van der Waals surface area contributed by atoms with Crippen LogP contribution in [0.4, 0.5) is 0 Å². The quantitative estimate of drug-likeness (QED) is 0.720. The summed E-state index contributed by atoms with van der Waals surface area (Å²) in [6.07, 6.45) is 0.933. The molecule has 21 heavy (non-hydrogen) atoms. The van der Waals surface area contributed by atoms with Crippen LogP contribution in [-0.4, -0.2) is 51.5 Å². The van der Waals surface area contributed by atoms with E-state index in [9.17, 15) is 0 Å². The summed E-state index contributed by atoms with van der Waals surface area (Å²) in [6, 6.07) is 8.79. The Bertz CT molecular complexity index is 398. The SMILES string of the molecule is COCCN(CCC(N)c1ccccc1C)C(C)COC. The predicted molar refractivity (Wildman–Crippen MR) is 87.5 cm³/mol. The molecule has 0 spiro atoms. The van der Waals surface area contributed by atoms with Gasteiger partial charge >= 0.3 is 0 Å². The van der Waals surface area contributed by atoms with Gasteiger partial charge in [-0.3, -0.25) is 4.90 Å². The molecular weight excluding hydrogens is 264 g/mol. The van der Waals surface area contributed by atoms with Crippen LogP contribution in [0.2, 0.25) is 0 Å². The zero-order chi connectivity index (χ0) is 15.7. The van der Waals surface area contributed by atoms with Crippen molar-refractivity contribution in [3.8, 4) is 0 Å². The Morgan fingerprint density at radius 1 is 1.14 bits per heavy atom. The highest BCUT2D eigenvalue weighted by molar-refractivity contribution is 5.28. The Morgan fingerprint density at radius 3 is 2.48 bits per heavy atom. The fourth-order valence-electron chi connectivity index (χ4n) is 2.57. The van der Waals surface area contributed by atoms with E-state index in [4.69, 9.17) is 15.2 Å². The minimum absolute atomic E-state index is 0.0750. The molecule has 0 saturated heterocycles. The van der Waals surface area contributed by atoms with Gasteiger partial charge in [-0.2, -0.15) is 0 Å². The fraction of sp³-hybridized carbons (Fsp3) is 0.647. The molecule has 0 radical (unpaired) electrons. The molecule has 1 aromatic carbocycles. The third kappa shape index (κ3) is 6.14. The second-order valence-electron chi connectivity index (χ2n) is 5.58. The third-order valence-corrected chi connectivity index (χ3v) is 3.93. The Hall–Kier alpha value is -0.940. The minimum Gasteiger partial charge on any atom is -0.383 e. The standard InChI is InChI=1S/C17H30N2O2/c1-14-7-5-6-8-16(14)17(18)9-10-19(11-12-20-3)15(2)13-21-4/h5-8,15,17H,9-13,18H2,1-4H3. The summed E-state index contributed by atoms with van der Waals surface area (Å²) in [7, 11) is 3.47. The zero-order valence-electron chi connectivity index (χ0n) is 13.8. The van der Waals surface area contributed by atoms with Crippen molar-refractivity contribution in [2.75, 3.05) is 40.5 Å². The first-order valence-electron chi connectivity index (χ1n) is 7.63. The second kappa shape index (κ2) is 9.90. The molecule has 4 nitrogen and oxygen atoms in total. The van der Waals surface area contributed by atoms with E-state index in [1.807, 2.05) is 0 Å². The van der Waals surface area contributed by atoms with Crippen molar-refractivity contribution in [1.29, 1.82) is 0 Å². The van der Waals surface area contributed by atoms with Crippen LogP contribution in [0.1, 0.15) is 30.5 Å². The van der Waals surface area contributed by atoms with E-state index >= 15 is 0 Å². The molecule has 0 aliphatic heterocycles. The largest absolute Gasteiger partial charge is 0.383 e. The Labute approximate surface area is 129 Å². The van der Waals surface area contributed by atoms with Crippen molar-refractivity contribution in [1.82, 2.24) is 4.90 Å². The molecule has 0 aromatic heterocycles. The van der Waals surface area contributed by atoms with Crippen LogP contribution in [0.3, 0.4) is 0 Å². The van der Waals surface area contributed by atoms with E-state index in [1.54, 1.807) is 14.2 Å². The van der Waals surface area contributed by atoms with Crippen LogP contribution in [0.25, 0.3) is 0 Å². The Balaban J connectivity index is 2.56. The molecule has 0 fully saturated rings. The first kappa shape index (κ1) is 18.1. The van der Waals surface area contributed by atoms with Crippen molar-refractivity contribution in [3.63, 3.8) is 0 Å². The monoisotopic (exact) mass is 294 g/mol. The number of methoxy groups -OCH3 is 2. The lowest BCUT2D eigenvalue weighted by Crippen LogP contribution is -2.40. The second-order valence-corrected chi connectivity index (χ2v) is 5.58. The maximum atomic E-state index is 6.36. The summed E-state index contributed by atoms with van der Waals surface area (Å²) >= 11 is 0. The molecular formula is C17H30N2O2. The highest BCUT2D eigenvalue weighted by atomic mass is 16.5. The third-order valence-electron chi connectivity index (χ3n) is 3.93. The van der Waals surface area contributed by atoms with Gasteiger partial charge in [0.1, 0.15) is 0 Å². The molecule has 1 rings (SSSR count). The first-order chi connectivity index (χ1) is 10.1. The number of hydrogen-bond donors (Lipinski definition) is 1. The topological polar surface area (TPSA) is 47.7 Å². The van der Waals surface area contributed by atoms with Gasteiger partial charge in [-0.1, -0.05) is 24.3 Å². The normalized spacial score (nSPS) is 14.4. The summed E-state index contributed by atoms with van der Waals surface area (Å²) < 4.78 is 10.5. The molecule has 0 saturated carbocycles. The van der Waals surface area contributed by atoms with Crippen molar-refractivity contribution >= 4 is 0 Å². The van der Waals surface area contributed by atoms with Crippen molar-refractivity contribution in [2.24, 2.45) is 5.73 Å². The van der Waals surface area contributed by atoms with Crippen molar-refractivity contribution < 1.29 is 9.47 Å².